The molecule has 2 saturated heterocycles. The molecule has 33 heavy (non-hydrogen) atoms. The zero-order valence-electron chi connectivity index (χ0n) is 18.6. The summed E-state index contributed by atoms with van der Waals surface area (Å²) in [6, 6.07) is 21.8. The zero-order chi connectivity index (χ0) is 22.2. The Morgan fingerprint density at radius 3 is 2.48 bits per heavy atom. The third-order valence-electron chi connectivity index (χ3n) is 8.48. The molecule has 2 atom stereocenters. The van der Waals surface area contributed by atoms with E-state index in [0.29, 0.717) is 19.0 Å². The number of benzene rings is 3. The predicted octanol–water partition coefficient (Wildman–Crippen LogP) is 3.71. The summed E-state index contributed by atoms with van der Waals surface area (Å²) in [5, 5.41) is 5.68. The number of carbonyl (C=O) groups is 2. The predicted molar refractivity (Wildman–Crippen MR) is 128 cm³/mol. The van der Waals surface area contributed by atoms with Crippen LogP contribution in [0, 0.1) is 0 Å². The smallest absolute Gasteiger partial charge is 0.247 e. The van der Waals surface area contributed by atoms with Crippen molar-refractivity contribution in [2.24, 2.45) is 0 Å². The number of amides is 2. The molecule has 5 heteroatoms. The molecule has 0 aromatic heterocycles. The largest absolute Gasteiger partial charge is 0.355 e. The van der Waals surface area contributed by atoms with Crippen molar-refractivity contribution in [3.8, 4) is 0 Å². The van der Waals surface area contributed by atoms with Crippen molar-refractivity contribution in [3.05, 3.63) is 77.4 Å². The van der Waals surface area contributed by atoms with E-state index in [0.717, 1.165) is 43.6 Å². The van der Waals surface area contributed by atoms with Gasteiger partial charge in [-0.3, -0.25) is 14.5 Å². The number of fused-ring (bicyclic) bond motifs is 2. The maximum Gasteiger partial charge on any atom is 0.247 e. The van der Waals surface area contributed by atoms with E-state index in [2.05, 4.69) is 46.6 Å². The summed E-state index contributed by atoms with van der Waals surface area (Å²) in [5.41, 5.74) is 3.72. The van der Waals surface area contributed by atoms with Gasteiger partial charge in [0.25, 0.3) is 0 Å². The van der Waals surface area contributed by atoms with Gasteiger partial charge in [0.2, 0.25) is 11.8 Å². The molecule has 1 spiro atoms. The fourth-order valence-corrected chi connectivity index (χ4v) is 6.92. The molecule has 5 nitrogen and oxygen atoms in total. The Bertz CT molecular complexity index is 1300. The van der Waals surface area contributed by atoms with Crippen molar-refractivity contribution in [1.29, 1.82) is 0 Å². The average Bonchev–Trinajstić information content (AvgIpc) is 3.50. The van der Waals surface area contributed by atoms with Crippen LogP contribution in [0.5, 0.6) is 0 Å². The second-order valence-electron chi connectivity index (χ2n) is 9.95. The second-order valence-corrected chi connectivity index (χ2v) is 9.95. The monoisotopic (exact) mass is 437 g/mol. The van der Waals surface area contributed by atoms with Crippen LogP contribution in [0.1, 0.15) is 42.0 Å². The lowest BCUT2D eigenvalue weighted by Gasteiger charge is -2.40. The van der Waals surface area contributed by atoms with Crippen molar-refractivity contribution in [2.75, 3.05) is 24.5 Å². The average molecular weight is 438 g/mol. The standard InChI is InChI=1S/C28H27N3O2/c32-26-28(13-14-29-26)22-9-1-2-10-23(22)31(27(28)33)20-11-15-30(16-12-20)24-17-19-7-3-5-18-6-4-8-21(24)25(18)19/h1-10,20,24H,11-17H2,(H,29,32). The van der Waals surface area contributed by atoms with E-state index in [1.807, 2.05) is 29.2 Å². The number of piperidine rings is 1. The highest BCUT2D eigenvalue weighted by atomic mass is 16.2. The Morgan fingerprint density at radius 2 is 1.70 bits per heavy atom. The summed E-state index contributed by atoms with van der Waals surface area (Å²) in [5.74, 6) is -0.146. The van der Waals surface area contributed by atoms with Crippen molar-refractivity contribution >= 4 is 28.3 Å². The Morgan fingerprint density at radius 1 is 0.909 bits per heavy atom. The fraction of sp³-hybridized carbons (Fsp3) is 0.357. The van der Waals surface area contributed by atoms with Crippen LogP contribution in [0.2, 0.25) is 0 Å². The van der Waals surface area contributed by atoms with Gasteiger partial charge in [0.15, 0.2) is 5.41 Å². The number of likely N-dealkylation sites (tertiary alicyclic amines) is 1. The molecule has 1 N–H and O–H groups in total. The molecular formula is C28H27N3O2. The molecule has 166 valence electrons. The molecule has 2 amide bonds. The first-order valence-electron chi connectivity index (χ1n) is 12.1. The fourth-order valence-electron chi connectivity index (χ4n) is 6.92. The SMILES string of the molecule is O=C1NCCC12C(=O)N(C1CCN(C3Cc4cccc5cccc3c45)CC1)c1ccccc12. The van der Waals surface area contributed by atoms with Crippen molar-refractivity contribution in [2.45, 2.75) is 43.2 Å². The lowest BCUT2D eigenvalue weighted by Crippen LogP contribution is -2.52. The van der Waals surface area contributed by atoms with Gasteiger partial charge >= 0.3 is 0 Å². The van der Waals surface area contributed by atoms with Gasteiger partial charge in [-0.2, -0.15) is 0 Å². The van der Waals surface area contributed by atoms with Crippen LogP contribution in [0.4, 0.5) is 5.69 Å². The first kappa shape index (κ1) is 19.3. The number of para-hydroxylation sites is 1. The normalized spacial score (nSPS) is 27.0. The molecule has 0 radical (unpaired) electrons. The Hall–Kier alpha value is -3.18. The van der Waals surface area contributed by atoms with Crippen LogP contribution in [-0.2, 0) is 21.4 Å². The van der Waals surface area contributed by atoms with E-state index in [4.69, 9.17) is 0 Å². The maximum absolute atomic E-state index is 13.8. The van der Waals surface area contributed by atoms with Gasteiger partial charge in [0, 0.05) is 43.0 Å². The molecule has 3 aliphatic heterocycles. The molecule has 7 rings (SSSR count). The quantitative estimate of drug-likeness (QED) is 0.622. The summed E-state index contributed by atoms with van der Waals surface area (Å²) < 4.78 is 0. The minimum absolute atomic E-state index is 0.0183. The van der Waals surface area contributed by atoms with Crippen LogP contribution in [0.3, 0.4) is 0 Å². The van der Waals surface area contributed by atoms with E-state index < -0.39 is 5.41 Å². The molecule has 3 aromatic rings. The van der Waals surface area contributed by atoms with Crippen LogP contribution in [-0.4, -0.2) is 42.4 Å². The number of carbonyl (C=O) groups excluding carboxylic acids is 2. The van der Waals surface area contributed by atoms with Crippen LogP contribution >= 0.6 is 0 Å². The third kappa shape index (κ3) is 2.51. The first-order chi connectivity index (χ1) is 16.2. The van der Waals surface area contributed by atoms with Gasteiger partial charge in [-0.1, -0.05) is 54.6 Å². The van der Waals surface area contributed by atoms with Crippen molar-refractivity contribution in [3.63, 3.8) is 0 Å². The van der Waals surface area contributed by atoms with E-state index in [9.17, 15) is 9.59 Å². The van der Waals surface area contributed by atoms with Gasteiger partial charge in [0.1, 0.15) is 0 Å². The van der Waals surface area contributed by atoms with Gasteiger partial charge in [-0.15, -0.1) is 0 Å². The number of anilines is 1. The van der Waals surface area contributed by atoms with Gasteiger partial charge in [-0.25, -0.2) is 0 Å². The van der Waals surface area contributed by atoms with E-state index in [1.165, 1.54) is 21.9 Å². The Labute approximate surface area is 193 Å². The molecule has 0 bridgehead atoms. The summed E-state index contributed by atoms with van der Waals surface area (Å²) in [7, 11) is 0. The van der Waals surface area contributed by atoms with Gasteiger partial charge < -0.3 is 10.2 Å². The summed E-state index contributed by atoms with van der Waals surface area (Å²) in [4.78, 5) is 31.2. The van der Waals surface area contributed by atoms with E-state index in [1.54, 1.807) is 0 Å². The number of hydrogen-bond donors (Lipinski definition) is 1. The number of nitrogens with zero attached hydrogens (tertiary/aromatic N) is 2. The highest BCUT2D eigenvalue weighted by Gasteiger charge is 2.59. The van der Waals surface area contributed by atoms with Crippen LogP contribution in [0.25, 0.3) is 10.8 Å². The molecule has 4 aliphatic rings. The zero-order valence-corrected chi connectivity index (χ0v) is 18.6. The topological polar surface area (TPSA) is 52.7 Å². The lowest BCUT2D eigenvalue weighted by molar-refractivity contribution is -0.133. The first-order valence-corrected chi connectivity index (χ1v) is 12.1. The lowest BCUT2D eigenvalue weighted by atomic mass is 9.80. The van der Waals surface area contributed by atoms with Crippen molar-refractivity contribution in [1.82, 2.24) is 10.2 Å². The Balaban J connectivity index is 1.15. The highest BCUT2D eigenvalue weighted by molar-refractivity contribution is 6.22. The molecular weight excluding hydrogens is 410 g/mol. The minimum Gasteiger partial charge on any atom is -0.355 e. The minimum atomic E-state index is -1.02. The molecule has 3 heterocycles. The Kier molecular flexibility index (Phi) is 4.04. The molecule has 3 aromatic carbocycles. The number of nitrogens with one attached hydrogen (secondary N) is 1. The summed E-state index contributed by atoms with van der Waals surface area (Å²) >= 11 is 0. The van der Waals surface area contributed by atoms with E-state index >= 15 is 0 Å². The number of hydrogen-bond acceptors (Lipinski definition) is 3. The molecule has 1 aliphatic carbocycles. The number of rotatable bonds is 2. The summed E-state index contributed by atoms with van der Waals surface area (Å²) in [6.07, 6.45) is 3.48. The van der Waals surface area contributed by atoms with Crippen molar-refractivity contribution < 1.29 is 9.59 Å². The van der Waals surface area contributed by atoms with Gasteiger partial charge in [0.05, 0.1) is 0 Å². The molecule has 2 unspecified atom stereocenters. The highest BCUT2D eigenvalue weighted by Crippen LogP contribution is 2.48. The van der Waals surface area contributed by atoms with Gasteiger partial charge in [-0.05, 0) is 53.6 Å². The van der Waals surface area contributed by atoms with Crippen LogP contribution in [0.15, 0.2) is 60.7 Å². The van der Waals surface area contributed by atoms with Crippen LogP contribution < -0.4 is 10.2 Å². The maximum atomic E-state index is 13.8. The third-order valence-corrected chi connectivity index (χ3v) is 8.48. The molecule has 2 fully saturated rings. The second kappa shape index (κ2) is 6.91. The van der Waals surface area contributed by atoms with E-state index in [-0.39, 0.29) is 17.9 Å². The summed E-state index contributed by atoms with van der Waals surface area (Å²) in [6.45, 7) is 2.49. The molecule has 0 saturated carbocycles.